The van der Waals surface area contributed by atoms with Gasteiger partial charge in [-0.05, 0) is 37.5 Å². The van der Waals surface area contributed by atoms with E-state index < -0.39 is 21.9 Å². The van der Waals surface area contributed by atoms with Crippen LogP contribution in [0.25, 0.3) is 0 Å². The minimum Gasteiger partial charge on any atom is -0.354 e. The van der Waals surface area contributed by atoms with Crippen molar-refractivity contribution in [1.82, 2.24) is 14.5 Å². The predicted molar refractivity (Wildman–Crippen MR) is 130 cm³/mol. The average molecular weight is 492 g/mol. The highest BCUT2D eigenvalue weighted by Crippen LogP contribution is 2.17. The van der Waals surface area contributed by atoms with E-state index in [1.165, 1.54) is 34.5 Å². The summed E-state index contributed by atoms with van der Waals surface area (Å²) in [5, 5.41) is 2.82. The third-order valence-electron chi connectivity index (χ3n) is 5.47. The Kier molecular flexibility index (Phi) is 10.2. The summed E-state index contributed by atoms with van der Waals surface area (Å²) in [6.07, 6.45) is 0.278. The maximum absolute atomic E-state index is 14.3. The second-order valence-corrected chi connectivity index (χ2v) is 10.7. The van der Waals surface area contributed by atoms with Gasteiger partial charge in [-0.1, -0.05) is 50.2 Å². The number of hydrogen-bond donors (Lipinski definition) is 1. The van der Waals surface area contributed by atoms with E-state index in [1.54, 1.807) is 43.3 Å². The molecule has 0 aliphatic rings. The molecule has 0 unspecified atom stereocenters. The minimum atomic E-state index is -3.66. The van der Waals surface area contributed by atoms with Crippen LogP contribution in [0.4, 0.5) is 4.39 Å². The SMILES string of the molecule is CC(C)CNC(=O)[C@@H](C)N(Cc1ccccc1F)C(=O)CCCN(C)S(=O)(=O)c1ccccc1. The molecule has 0 spiro atoms. The first kappa shape index (κ1) is 27.5. The van der Waals surface area contributed by atoms with E-state index in [9.17, 15) is 22.4 Å². The lowest BCUT2D eigenvalue weighted by molar-refractivity contribution is -0.140. The standard InChI is InChI=1S/C25H34FN3O4S/c1-19(2)17-27-25(31)20(3)29(18-21-11-8-9-14-23(21)26)24(30)15-10-16-28(4)34(32,33)22-12-6-5-7-13-22/h5-9,11-14,19-20H,10,15-18H2,1-4H3,(H,27,31)/t20-/m1/s1. The first-order chi connectivity index (χ1) is 16.0. The van der Waals surface area contributed by atoms with Gasteiger partial charge in [0.2, 0.25) is 21.8 Å². The molecule has 0 aliphatic heterocycles. The molecule has 7 nitrogen and oxygen atoms in total. The third-order valence-corrected chi connectivity index (χ3v) is 7.34. The van der Waals surface area contributed by atoms with Crippen LogP contribution in [-0.2, 0) is 26.2 Å². The first-order valence-corrected chi connectivity index (χ1v) is 12.8. The molecule has 0 aromatic heterocycles. The van der Waals surface area contributed by atoms with Crippen LogP contribution in [0.3, 0.4) is 0 Å². The summed E-state index contributed by atoms with van der Waals surface area (Å²) in [5.41, 5.74) is 0.308. The molecule has 0 radical (unpaired) electrons. The smallest absolute Gasteiger partial charge is 0.242 e. The quantitative estimate of drug-likeness (QED) is 0.493. The summed E-state index contributed by atoms with van der Waals surface area (Å²) in [6, 6.07) is 13.4. The molecule has 2 aromatic rings. The Balaban J connectivity index is 2.08. The van der Waals surface area contributed by atoms with Gasteiger partial charge in [-0.25, -0.2) is 17.1 Å². The van der Waals surface area contributed by atoms with Crippen LogP contribution in [-0.4, -0.2) is 55.6 Å². The van der Waals surface area contributed by atoms with E-state index in [2.05, 4.69) is 5.32 Å². The van der Waals surface area contributed by atoms with Crippen molar-refractivity contribution in [2.24, 2.45) is 5.92 Å². The number of hydrogen-bond acceptors (Lipinski definition) is 4. The number of nitrogens with one attached hydrogen (secondary N) is 1. The van der Waals surface area contributed by atoms with Crippen LogP contribution >= 0.6 is 0 Å². The van der Waals surface area contributed by atoms with Gasteiger partial charge < -0.3 is 10.2 Å². The van der Waals surface area contributed by atoms with Crippen molar-refractivity contribution >= 4 is 21.8 Å². The Morgan fingerprint density at radius 3 is 2.24 bits per heavy atom. The molecule has 0 saturated heterocycles. The molecule has 0 saturated carbocycles. The van der Waals surface area contributed by atoms with Crippen LogP contribution < -0.4 is 5.32 Å². The highest BCUT2D eigenvalue weighted by atomic mass is 32.2. The van der Waals surface area contributed by atoms with Gasteiger partial charge in [-0.15, -0.1) is 0 Å². The van der Waals surface area contributed by atoms with Gasteiger partial charge in [0.15, 0.2) is 0 Å². The Bertz CT molecular complexity index is 1060. The number of benzene rings is 2. The fourth-order valence-electron chi connectivity index (χ4n) is 3.33. The average Bonchev–Trinajstić information content (AvgIpc) is 2.81. The van der Waals surface area contributed by atoms with Crippen molar-refractivity contribution in [2.75, 3.05) is 20.1 Å². The van der Waals surface area contributed by atoms with Crippen LogP contribution in [0.1, 0.15) is 39.2 Å². The summed E-state index contributed by atoms with van der Waals surface area (Å²) in [7, 11) is -2.20. The van der Waals surface area contributed by atoms with Crippen molar-refractivity contribution in [3.05, 3.63) is 66.0 Å². The van der Waals surface area contributed by atoms with E-state index in [0.717, 1.165) is 0 Å². The molecule has 2 rings (SSSR count). The van der Waals surface area contributed by atoms with Gasteiger partial charge >= 0.3 is 0 Å². The number of halogens is 1. The fourth-order valence-corrected chi connectivity index (χ4v) is 4.56. The molecule has 2 aromatic carbocycles. The number of nitrogens with zero attached hydrogens (tertiary/aromatic N) is 2. The van der Waals surface area contributed by atoms with Crippen LogP contribution in [0.2, 0.25) is 0 Å². The van der Waals surface area contributed by atoms with Crippen molar-refractivity contribution in [2.45, 2.75) is 51.1 Å². The molecular weight excluding hydrogens is 457 g/mol. The van der Waals surface area contributed by atoms with E-state index in [0.29, 0.717) is 12.1 Å². The normalized spacial score (nSPS) is 12.6. The minimum absolute atomic E-state index is 0.0188. The summed E-state index contributed by atoms with van der Waals surface area (Å²) in [4.78, 5) is 27.3. The third kappa shape index (κ3) is 7.63. The summed E-state index contributed by atoms with van der Waals surface area (Å²) in [6.45, 7) is 6.08. The number of sulfonamides is 1. The largest absolute Gasteiger partial charge is 0.354 e. The molecule has 1 atom stereocenters. The molecule has 34 heavy (non-hydrogen) atoms. The molecule has 0 aliphatic carbocycles. The lowest BCUT2D eigenvalue weighted by Gasteiger charge is -2.29. The van der Waals surface area contributed by atoms with E-state index >= 15 is 0 Å². The fraction of sp³-hybridized carbons (Fsp3) is 0.440. The Morgan fingerprint density at radius 1 is 1.00 bits per heavy atom. The molecule has 0 fully saturated rings. The van der Waals surface area contributed by atoms with Crippen LogP contribution in [0.5, 0.6) is 0 Å². The molecule has 0 bridgehead atoms. The predicted octanol–water partition coefficient (Wildman–Crippen LogP) is 3.42. The summed E-state index contributed by atoms with van der Waals surface area (Å²) >= 11 is 0. The highest BCUT2D eigenvalue weighted by Gasteiger charge is 2.27. The Labute approximate surface area is 202 Å². The van der Waals surface area contributed by atoms with Crippen molar-refractivity contribution in [3.8, 4) is 0 Å². The van der Waals surface area contributed by atoms with Crippen molar-refractivity contribution in [1.29, 1.82) is 0 Å². The molecule has 0 heterocycles. The van der Waals surface area contributed by atoms with Crippen molar-refractivity contribution < 1.29 is 22.4 Å². The second-order valence-electron chi connectivity index (χ2n) is 8.67. The zero-order valence-corrected chi connectivity index (χ0v) is 21.0. The van der Waals surface area contributed by atoms with Gasteiger partial charge in [0.25, 0.3) is 0 Å². The summed E-state index contributed by atoms with van der Waals surface area (Å²) < 4.78 is 40.8. The van der Waals surface area contributed by atoms with Gasteiger partial charge in [0.05, 0.1) is 4.90 Å². The lowest BCUT2D eigenvalue weighted by Crippen LogP contribution is -2.48. The monoisotopic (exact) mass is 491 g/mol. The molecular formula is C25H34FN3O4S. The molecule has 2 amide bonds. The Morgan fingerprint density at radius 2 is 1.62 bits per heavy atom. The zero-order chi connectivity index (χ0) is 25.3. The number of rotatable bonds is 12. The highest BCUT2D eigenvalue weighted by molar-refractivity contribution is 7.89. The summed E-state index contributed by atoms with van der Waals surface area (Å²) in [5.74, 6) is -0.874. The van der Waals surface area contributed by atoms with Gasteiger partial charge in [0, 0.05) is 38.7 Å². The molecule has 9 heteroatoms. The topological polar surface area (TPSA) is 86.8 Å². The van der Waals surface area contributed by atoms with E-state index in [-0.39, 0.29) is 48.6 Å². The Hall–Kier alpha value is -2.78. The van der Waals surface area contributed by atoms with Gasteiger partial charge in [-0.3, -0.25) is 9.59 Å². The van der Waals surface area contributed by atoms with E-state index in [4.69, 9.17) is 0 Å². The van der Waals surface area contributed by atoms with E-state index in [1.807, 2.05) is 13.8 Å². The maximum Gasteiger partial charge on any atom is 0.242 e. The zero-order valence-electron chi connectivity index (χ0n) is 20.2. The number of amides is 2. The van der Waals surface area contributed by atoms with Crippen molar-refractivity contribution in [3.63, 3.8) is 0 Å². The van der Waals surface area contributed by atoms with Crippen LogP contribution in [0, 0.1) is 11.7 Å². The number of carbonyl (C=O) groups excluding carboxylic acids is 2. The first-order valence-electron chi connectivity index (χ1n) is 11.4. The van der Waals surface area contributed by atoms with Gasteiger partial charge in [0.1, 0.15) is 11.9 Å². The second kappa shape index (κ2) is 12.6. The molecule has 1 N–H and O–H groups in total. The lowest BCUT2D eigenvalue weighted by atomic mass is 10.1. The molecule has 186 valence electrons. The maximum atomic E-state index is 14.3. The van der Waals surface area contributed by atoms with Gasteiger partial charge in [-0.2, -0.15) is 0 Å². The van der Waals surface area contributed by atoms with Crippen LogP contribution in [0.15, 0.2) is 59.5 Å². The number of carbonyl (C=O) groups is 2.